The van der Waals surface area contributed by atoms with Crippen LogP contribution >= 0.6 is 0 Å². The standard InChI is InChI=1S/C21H15N5/c22-14-19-8-4-5-9-20(19)17-12-10-16(11-13-17)15-26-24-21(23-25-26)18-6-2-1-3-7-18/h1-13H,15H2. The van der Waals surface area contributed by atoms with Crippen molar-refractivity contribution < 1.29 is 0 Å². The molecule has 0 bridgehead atoms. The largest absolute Gasteiger partial charge is 0.204 e. The fraction of sp³-hybridized carbons (Fsp3) is 0.0476. The summed E-state index contributed by atoms with van der Waals surface area (Å²) in [6, 6.07) is 27.7. The monoisotopic (exact) mass is 337 g/mol. The number of nitriles is 1. The van der Waals surface area contributed by atoms with Crippen LogP contribution in [0, 0.1) is 11.3 Å². The molecule has 5 heteroatoms. The highest BCUT2D eigenvalue weighted by atomic mass is 15.6. The predicted octanol–water partition coefficient (Wildman–Crippen LogP) is 3.93. The molecule has 4 aromatic rings. The van der Waals surface area contributed by atoms with Gasteiger partial charge in [-0.3, -0.25) is 0 Å². The Morgan fingerprint density at radius 1 is 0.808 bits per heavy atom. The van der Waals surface area contributed by atoms with Gasteiger partial charge in [-0.1, -0.05) is 72.8 Å². The van der Waals surface area contributed by atoms with Crippen LogP contribution in [0.4, 0.5) is 0 Å². The predicted molar refractivity (Wildman–Crippen MR) is 98.9 cm³/mol. The Bertz CT molecular complexity index is 1060. The van der Waals surface area contributed by atoms with Crippen molar-refractivity contribution >= 4 is 0 Å². The molecule has 3 aromatic carbocycles. The second-order valence-corrected chi connectivity index (χ2v) is 5.86. The molecule has 0 aliphatic carbocycles. The third kappa shape index (κ3) is 3.21. The highest BCUT2D eigenvalue weighted by molar-refractivity contribution is 5.70. The van der Waals surface area contributed by atoms with Crippen LogP contribution < -0.4 is 0 Å². The molecule has 124 valence electrons. The van der Waals surface area contributed by atoms with Gasteiger partial charge in [-0.05, 0) is 28.0 Å². The Balaban J connectivity index is 1.54. The Kier molecular flexibility index (Phi) is 4.23. The number of rotatable bonds is 4. The lowest BCUT2D eigenvalue weighted by Gasteiger charge is -2.05. The second kappa shape index (κ2) is 6.99. The van der Waals surface area contributed by atoms with Crippen LogP contribution in [0.25, 0.3) is 22.5 Å². The number of nitrogens with zero attached hydrogens (tertiary/aromatic N) is 5. The van der Waals surface area contributed by atoms with Crippen molar-refractivity contribution in [3.8, 4) is 28.6 Å². The van der Waals surface area contributed by atoms with Crippen molar-refractivity contribution in [1.82, 2.24) is 20.2 Å². The number of benzene rings is 3. The lowest BCUT2D eigenvalue weighted by Crippen LogP contribution is -2.04. The fourth-order valence-corrected chi connectivity index (χ4v) is 2.80. The maximum atomic E-state index is 9.25. The molecule has 1 aromatic heterocycles. The van der Waals surface area contributed by atoms with E-state index in [4.69, 9.17) is 0 Å². The van der Waals surface area contributed by atoms with Gasteiger partial charge in [0.25, 0.3) is 0 Å². The zero-order valence-electron chi connectivity index (χ0n) is 13.9. The molecule has 0 aliphatic heterocycles. The van der Waals surface area contributed by atoms with Gasteiger partial charge in [0, 0.05) is 5.56 Å². The molecular weight excluding hydrogens is 322 g/mol. The average molecular weight is 337 g/mol. The van der Waals surface area contributed by atoms with Gasteiger partial charge < -0.3 is 0 Å². The molecule has 0 N–H and O–H groups in total. The molecule has 0 unspecified atom stereocenters. The first-order valence-corrected chi connectivity index (χ1v) is 8.25. The van der Waals surface area contributed by atoms with Crippen molar-refractivity contribution in [2.75, 3.05) is 0 Å². The lowest BCUT2D eigenvalue weighted by molar-refractivity contribution is 0.573. The number of tetrazole rings is 1. The van der Waals surface area contributed by atoms with Crippen molar-refractivity contribution in [2.24, 2.45) is 0 Å². The van der Waals surface area contributed by atoms with Gasteiger partial charge >= 0.3 is 0 Å². The van der Waals surface area contributed by atoms with E-state index < -0.39 is 0 Å². The van der Waals surface area contributed by atoms with Crippen molar-refractivity contribution in [2.45, 2.75) is 6.54 Å². The van der Waals surface area contributed by atoms with Crippen LogP contribution in [-0.2, 0) is 6.54 Å². The van der Waals surface area contributed by atoms with Gasteiger partial charge in [-0.25, -0.2) is 0 Å². The number of hydrogen-bond donors (Lipinski definition) is 0. The van der Waals surface area contributed by atoms with Crippen molar-refractivity contribution in [3.05, 3.63) is 90.0 Å². The molecule has 1 heterocycles. The summed E-state index contributed by atoms with van der Waals surface area (Å²) < 4.78 is 0. The van der Waals surface area contributed by atoms with Gasteiger partial charge in [0.05, 0.1) is 18.2 Å². The molecule has 0 aliphatic rings. The summed E-state index contributed by atoms with van der Waals surface area (Å²) in [5.41, 5.74) is 4.64. The smallest absolute Gasteiger partial charge is 0.192 e. The van der Waals surface area contributed by atoms with E-state index in [1.165, 1.54) is 0 Å². The third-order valence-electron chi connectivity index (χ3n) is 4.12. The van der Waals surface area contributed by atoms with E-state index in [0.717, 1.165) is 22.3 Å². The number of aromatic nitrogens is 4. The quantitative estimate of drug-likeness (QED) is 0.566. The van der Waals surface area contributed by atoms with E-state index in [1.54, 1.807) is 4.80 Å². The molecule has 0 fully saturated rings. The molecule has 0 atom stereocenters. The topological polar surface area (TPSA) is 67.4 Å². The first-order chi connectivity index (χ1) is 12.8. The summed E-state index contributed by atoms with van der Waals surface area (Å²) in [6.45, 7) is 0.542. The Morgan fingerprint density at radius 3 is 2.31 bits per heavy atom. The highest BCUT2D eigenvalue weighted by Gasteiger charge is 2.07. The molecule has 0 amide bonds. The van der Waals surface area contributed by atoms with Crippen LogP contribution in [0.1, 0.15) is 11.1 Å². The van der Waals surface area contributed by atoms with E-state index in [0.29, 0.717) is 17.9 Å². The van der Waals surface area contributed by atoms with Gasteiger partial charge in [0.2, 0.25) is 5.82 Å². The normalized spacial score (nSPS) is 10.4. The Morgan fingerprint density at radius 2 is 1.54 bits per heavy atom. The first kappa shape index (κ1) is 15.7. The molecule has 0 saturated carbocycles. The van der Waals surface area contributed by atoms with Crippen LogP contribution in [0.15, 0.2) is 78.9 Å². The van der Waals surface area contributed by atoms with E-state index >= 15 is 0 Å². The minimum absolute atomic E-state index is 0.542. The number of hydrogen-bond acceptors (Lipinski definition) is 4. The van der Waals surface area contributed by atoms with Gasteiger partial charge in [0.15, 0.2) is 0 Å². The molecule has 0 saturated heterocycles. The minimum Gasteiger partial charge on any atom is -0.192 e. The Labute approximate surface area is 151 Å². The zero-order valence-corrected chi connectivity index (χ0v) is 13.9. The van der Waals surface area contributed by atoms with Gasteiger partial charge in [-0.15, -0.1) is 10.2 Å². The molecular formula is C21H15N5. The summed E-state index contributed by atoms with van der Waals surface area (Å²) in [6.07, 6.45) is 0. The van der Waals surface area contributed by atoms with Crippen LogP contribution in [0.3, 0.4) is 0 Å². The zero-order chi connectivity index (χ0) is 17.8. The summed E-state index contributed by atoms with van der Waals surface area (Å²) in [5.74, 6) is 0.616. The van der Waals surface area contributed by atoms with Gasteiger partial charge in [-0.2, -0.15) is 10.1 Å². The maximum absolute atomic E-state index is 9.25. The average Bonchev–Trinajstić information content (AvgIpc) is 3.18. The Hall–Kier alpha value is -3.78. The summed E-state index contributed by atoms with van der Waals surface area (Å²) >= 11 is 0. The van der Waals surface area contributed by atoms with Gasteiger partial charge in [0.1, 0.15) is 0 Å². The fourth-order valence-electron chi connectivity index (χ4n) is 2.80. The summed E-state index contributed by atoms with van der Waals surface area (Å²) in [7, 11) is 0. The summed E-state index contributed by atoms with van der Waals surface area (Å²) in [5, 5.41) is 21.9. The SMILES string of the molecule is N#Cc1ccccc1-c1ccc(Cn2nnc(-c3ccccc3)n2)cc1. The third-order valence-corrected chi connectivity index (χ3v) is 4.12. The molecule has 0 spiro atoms. The van der Waals surface area contributed by atoms with Crippen molar-refractivity contribution in [1.29, 1.82) is 5.26 Å². The van der Waals surface area contributed by atoms with E-state index in [1.807, 2.05) is 78.9 Å². The molecule has 26 heavy (non-hydrogen) atoms. The first-order valence-electron chi connectivity index (χ1n) is 8.25. The van der Waals surface area contributed by atoms with Crippen LogP contribution in [-0.4, -0.2) is 20.2 Å². The molecule has 4 rings (SSSR count). The van der Waals surface area contributed by atoms with Crippen molar-refractivity contribution in [3.63, 3.8) is 0 Å². The van der Waals surface area contributed by atoms with E-state index in [2.05, 4.69) is 21.5 Å². The minimum atomic E-state index is 0.542. The molecule has 0 radical (unpaired) electrons. The van der Waals surface area contributed by atoms with E-state index in [-0.39, 0.29) is 0 Å². The van der Waals surface area contributed by atoms with E-state index in [9.17, 15) is 5.26 Å². The van der Waals surface area contributed by atoms with Crippen LogP contribution in [0.2, 0.25) is 0 Å². The summed E-state index contributed by atoms with van der Waals surface area (Å²) in [4.78, 5) is 1.58. The van der Waals surface area contributed by atoms with Crippen LogP contribution in [0.5, 0.6) is 0 Å². The lowest BCUT2D eigenvalue weighted by atomic mass is 9.99. The highest BCUT2D eigenvalue weighted by Crippen LogP contribution is 2.23. The second-order valence-electron chi connectivity index (χ2n) is 5.86. The maximum Gasteiger partial charge on any atom is 0.204 e. The molecule has 5 nitrogen and oxygen atoms in total.